The molecule has 4 rings (SSSR count). The first kappa shape index (κ1) is 20.4. The number of aromatic nitrogens is 1. The molecule has 3 nitrogen and oxygen atoms in total. The van der Waals surface area contributed by atoms with Crippen LogP contribution in [0.1, 0.15) is 21.5 Å². The van der Waals surface area contributed by atoms with E-state index in [1.165, 1.54) is 22.8 Å². The summed E-state index contributed by atoms with van der Waals surface area (Å²) in [6, 6.07) is 15.9. The molecular weight excluding hydrogens is 396 g/mol. The lowest BCUT2D eigenvalue weighted by Crippen LogP contribution is -2.16. The van der Waals surface area contributed by atoms with Crippen molar-refractivity contribution in [3.05, 3.63) is 118 Å². The predicted molar refractivity (Wildman–Crippen MR) is 118 cm³/mol. The van der Waals surface area contributed by atoms with Gasteiger partial charge in [0.2, 0.25) is 0 Å². The number of nitrogens with zero attached hydrogens (tertiary/aromatic N) is 1. The Bertz CT molecular complexity index is 1400. The van der Waals surface area contributed by atoms with E-state index in [1.54, 1.807) is 43.6 Å². The molecule has 3 aromatic carbocycles. The summed E-state index contributed by atoms with van der Waals surface area (Å²) < 4.78 is 29.2. The van der Waals surface area contributed by atoms with Gasteiger partial charge in [0.15, 0.2) is 5.78 Å². The molecule has 0 saturated heterocycles. The van der Waals surface area contributed by atoms with Crippen LogP contribution >= 0.6 is 0 Å². The fourth-order valence-corrected chi connectivity index (χ4v) is 3.75. The maximum absolute atomic E-state index is 14.3. The highest BCUT2D eigenvalue weighted by molar-refractivity contribution is 6.06. The molecule has 1 aromatic heterocycles. The molecule has 0 aliphatic heterocycles. The molecule has 0 spiro atoms. The lowest BCUT2D eigenvalue weighted by Gasteiger charge is -2.15. The molecule has 0 saturated carbocycles. The smallest absolute Gasteiger partial charge is 0.258 e. The average Bonchev–Trinajstić information content (AvgIpc) is 2.78. The first-order valence-corrected chi connectivity index (χ1v) is 9.71. The van der Waals surface area contributed by atoms with E-state index in [9.17, 15) is 18.4 Å². The third-order valence-corrected chi connectivity index (χ3v) is 5.36. The topological polar surface area (TPSA) is 39.1 Å². The molecular formula is C26H19F2NO2. The van der Waals surface area contributed by atoms with Gasteiger partial charge >= 0.3 is 0 Å². The molecule has 31 heavy (non-hydrogen) atoms. The summed E-state index contributed by atoms with van der Waals surface area (Å²) in [5, 5.41) is 1.27. The highest BCUT2D eigenvalue weighted by atomic mass is 19.1. The van der Waals surface area contributed by atoms with Crippen molar-refractivity contribution in [2.75, 3.05) is 0 Å². The van der Waals surface area contributed by atoms with Gasteiger partial charge < -0.3 is 4.57 Å². The van der Waals surface area contributed by atoms with Crippen molar-refractivity contribution in [1.29, 1.82) is 0 Å². The van der Waals surface area contributed by atoms with E-state index in [0.29, 0.717) is 22.1 Å². The minimum atomic E-state index is -0.641. The minimum absolute atomic E-state index is 0.135. The van der Waals surface area contributed by atoms with E-state index in [1.807, 2.05) is 12.1 Å². The minimum Gasteiger partial charge on any atom is -0.317 e. The number of ketones is 1. The van der Waals surface area contributed by atoms with Crippen LogP contribution < -0.4 is 5.56 Å². The van der Waals surface area contributed by atoms with Gasteiger partial charge in [-0.2, -0.15) is 0 Å². The van der Waals surface area contributed by atoms with Crippen LogP contribution in [-0.4, -0.2) is 10.4 Å². The number of aryl methyl sites for hydroxylation is 1. The van der Waals surface area contributed by atoms with Gasteiger partial charge in [-0.15, -0.1) is 0 Å². The van der Waals surface area contributed by atoms with Crippen molar-refractivity contribution < 1.29 is 13.6 Å². The number of carbonyl (C=O) groups is 1. The van der Waals surface area contributed by atoms with Crippen LogP contribution in [0.15, 0.2) is 84.3 Å². The van der Waals surface area contributed by atoms with Crippen molar-refractivity contribution in [3.63, 3.8) is 0 Å². The predicted octanol–water partition coefficient (Wildman–Crippen LogP) is 5.44. The average molecular weight is 415 g/mol. The Kier molecular flexibility index (Phi) is 5.34. The van der Waals surface area contributed by atoms with E-state index in [2.05, 4.69) is 6.58 Å². The Morgan fingerprint density at radius 3 is 2.39 bits per heavy atom. The molecule has 0 radical (unpaired) electrons. The van der Waals surface area contributed by atoms with Gasteiger partial charge in [0, 0.05) is 42.2 Å². The number of carbonyl (C=O) groups excluding carboxylic acids is 1. The lowest BCUT2D eigenvalue weighted by atomic mass is 9.90. The SMILES string of the molecule is C=CC(=O)c1ccc(Cc2ccc(F)cc2F)c(-c2cn(C)c(=O)c3ccccc23)c1. The van der Waals surface area contributed by atoms with Crippen LogP contribution in [-0.2, 0) is 13.5 Å². The van der Waals surface area contributed by atoms with E-state index in [4.69, 9.17) is 0 Å². The molecule has 0 N–H and O–H groups in total. The number of allylic oxidation sites excluding steroid dienone is 1. The Balaban J connectivity index is 1.99. The number of halogens is 2. The zero-order valence-corrected chi connectivity index (χ0v) is 16.9. The second kappa shape index (κ2) is 8.11. The third-order valence-electron chi connectivity index (χ3n) is 5.36. The Morgan fingerprint density at radius 2 is 1.68 bits per heavy atom. The van der Waals surface area contributed by atoms with E-state index >= 15 is 0 Å². The fourth-order valence-electron chi connectivity index (χ4n) is 3.75. The normalized spacial score (nSPS) is 10.9. The van der Waals surface area contributed by atoms with Gasteiger partial charge in [-0.05, 0) is 46.4 Å². The van der Waals surface area contributed by atoms with Gasteiger partial charge in [-0.25, -0.2) is 8.78 Å². The summed E-state index contributed by atoms with van der Waals surface area (Å²) in [6.07, 6.45) is 3.14. The maximum Gasteiger partial charge on any atom is 0.258 e. The van der Waals surface area contributed by atoms with Crippen LogP contribution in [0.25, 0.3) is 21.9 Å². The standard InChI is InChI=1S/C26H19F2NO2/c1-3-25(30)18-9-8-16(12-17-10-11-19(27)14-24(17)28)22(13-18)23-15-29(2)26(31)21-7-5-4-6-20(21)23/h3-11,13-15H,1,12H2,2H3. The molecule has 0 amide bonds. The Labute approximate surface area is 177 Å². The largest absolute Gasteiger partial charge is 0.317 e. The zero-order valence-electron chi connectivity index (χ0n) is 16.9. The highest BCUT2D eigenvalue weighted by Gasteiger charge is 2.16. The summed E-state index contributed by atoms with van der Waals surface area (Å²) in [6.45, 7) is 3.54. The van der Waals surface area contributed by atoms with Crippen molar-refractivity contribution in [1.82, 2.24) is 4.57 Å². The molecule has 154 valence electrons. The van der Waals surface area contributed by atoms with Crippen LogP contribution in [0.4, 0.5) is 8.78 Å². The molecule has 0 atom stereocenters. The summed E-state index contributed by atoms with van der Waals surface area (Å²) in [5.41, 5.74) is 2.82. The molecule has 0 bridgehead atoms. The van der Waals surface area contributed by atoms with Crippen molar-refractivity contribution in [2.24, 2.45) is 7.05 Å². The van der Waals surface area contributed by atoms with E-state index in [0.717, 1.165) is 22.6 Å². The number of rotatable bonds is 5. The van der Waals surface area contributed by atoms with Crippen LogP contribution in [0.5, 0.6) is 0 Å². The van der Waals surface area contributed by atoms with Gasteiger partial charge in [0.1, 0.15) is 11.6 Å². The third kappa shape index (κ3) is 3.82. The maximum atomic E-state index is 14.3. The number of benzene rings is 3. The molecule has 4 aromatic rings. The highest BCUT2D eigenvalue weighted by Crippen LogP contribution is 2.32. The van der Waals surface area contributed by atoms with Crippen LogP contribution in [0.3, 0.4) is 0 Å². The summed E-state index contributed by atoms with van der Waals surface area (Å²) >= 11 is 0. The molecule has 5 heteroatoms. The first-order valence-electron chi connectivity index (χ1n) is 9.71. The monoisotopic (exact) mass is 415 g/mol. The van der Waals surface area contributed by atoms with Crippen LogP contribution in [0.2, 0.25) is 0 Å². The molecule has 0 unspecified atom stereocenters. The number of fused-ring (bicyclic) bond motifs is 1. The lowest BCUT2D eigenvalue weighted by molar-refractivity contribution is 0.104. The fraction of sp³-hybridized carbons (Fsp3) is 0.0769. The van der Waals surface area contributed by atoms with Gasteiger partial charge in [-0.3, -0.25) is 9.59 Å². The Hall–Kier alpha value is -3.86. The molecule has 0 aliphatic rings. The van der Waals surface area contributed by atoms with Gasteiger partial charge in [0.05, 0.1) is 0 Å². The quantitative estimate of drug-likeness (QED) is 0.321. The van der Waals surface area contributed by atoms with Crippen molar-refractivity contribution in [3.8, 4) is 11.1 Å². The second-order valence-corrected chi connectivity index (χ2v) is 7.36. The van der Waals surface area contributed by atoms with Gasteiger partial charge in [0.25, 0.3) is 5.56 Å². The van der Waals surface area contributed by atoms with Gasteiger partial charge in [-0.1, -0.05) is 43.0 Å². The number of pyridine rings is 1. The first-order chi connectivity index (χ1) is 14.9. The van der Waals surface area contributed by atoms with E-state index in [-0.39, 0.29) is 17.8 Å². The number of hydrogen-bond acceptors (Lipinski definition) is 2. The zero-order chi connectivity index (χ0) is 22.1. The van der Waals surface area contributed by atoms with Crippen LogP contribution in [0, 0.1) is 11.6 Å². The summed E-state index contributed by atoms with van der Waals surface area (Å²) in [7, 11) is 1.66. The summed E-state index contributed by atoms with van der Waals surface area (Å²) in [5.74, 6) is -1.52. The number of hydrogen-bond donors (Lipinski definition) is 0. The molecule has 0 aliphatic carbocycles. The van der Waals surface area contributed by atoms with E-state index < -0.39 is 11.6 Å². The molecule has 0 fully saturated rings. The molecule has 1 heterocycles. The second-order valence-electron chi connectivity index (χ2n) is 7.36. The summed E-state index contributed by atoms with van der Waals surface area (Å²) in [4.78, 5) is 24.9. The Morgan fingerprint density at radius 1 is 0.968 bits per heavy atom. The van der Waals surface area contributed by atoms with Crippen molar-refractivity contribution in [2.45, 2.75) is 6.42 Å². The van der Waals surface area contributed by atoms with Crippen molar-refractivity contribution >= 4 is 16.6 Å².